The van der Waals surface area contributed by atoms with Crippen molar-refractivity contribution in [1.29, 1.82) is 0 Å². The summed E-state index contributed by atoms with van der Waals surface area (Å²) < 4.78 is 0. The highest BCUT2D eigenvalue weighted by atomic mass is 16.2. The van der Waals surface area contributed by atoms with Gasteiger partial charge in [0.05, 0.1) is 11.8 Å². The Kier molecular flexibility index (Phi) is 3.07. The highest BCUT2D eigenvalue weighted by Gasteiger charge is 2.41. The lowest BCUT2D eigenvalue weighted by Gasteiger charge is -2.10. The number of hydrogen-bond acceptors (Lipinski definition) is 2. The maximum Gasteiger partial charge on any atom is 0.274 e. The van der Waals surface area contributed by atoms with Gasteiger partial charge in [0.25, 0.3) is 5.91 Å². The quantitative estimate of drug-likeness (QED) is 0.675. The van der Waals surface area contributed by atoms with Crippen LogP contribution in [-0.2, 0) is 0 Å². The zero-order chi connectivity index (χ0) is 16.8. The minimum Gasteiger partial charge on any atom is -0.267 e. The Bertz CT molecular complexity index is 990. The zero-order valence-electron chi connectivity index (χ0n) is 13.6. The van der Waals surface area contributed by atoms with Crippen LogP contribution in [0.15, 0.2) is 84.0 Å². The van der Waals surface area contributed by atoms with Crippen LogP contribution in [0.2, 0.25) is 0 Å². The van der Waals surface area contributed by atoms with E-state index in [1.807, 2.05) is 42.5 Å². The van der Waals surface area contributed by atoms with Crippen LogP contribution in [0, 0.1) is 0 Å². The molecule has 3 aromatic rings. The van der Waals surface area contributed by atoms with Crippen LogP contribution in [0.3, 0.4) is 0 Å². The average Bonchev–Trinajstić information content (AvgIpc) is 3.23. The summed E-state index contributed by atoms with van der Waals surface area (Å²) in [5.74, 6) is 0.0107. The van der Waals surface area contributed by atoms with Gasteiger partial charge in [0.15, 0.2) is 0 Å². The van der Waals surface area contributed by atoms with Crippen molar-refractivity contribution < 1.29 is 4.79 Å². The van der Waals surface area contributed by atoms with Gasteiger partial charge in [-0.1, -0.05) is 72.8 Å². The van der Waals surface area contributed by atoms with Crippen molar-refractivity contribution in [2.24, 2.45) is 5.10 Å². The van der Waals surface area contributed by atoms with Crippen LogP contribution in [0.1, 0.15) is 33.9 Å². The number of benzene rings is 3. The predicted octanol–water partition coefficient (Wildman–Crippen LogP) is 4.66. The van der Waals surface area contributed by atoms with E-state index < -0.39 is 0 Å². The van der Waals surface area contributed by atoms with Gasteiger partial charge in [0.1, 0.15) is 0 Å². The van der Waals surface area contributed by atoms with Crippen molar-refractivity contribution in [3.05, 3.63) is 95.6 Å². The smallest absolute Gasteiger partial charge is 0.267 e. The van der Waals surface area contributed by atoms with Crippen molar-refractivity contribution in [1.82, 2.24) is 5.01 Å². The van der Waals surface area contributed by atoms with Gasteiger partial charge in [-0.3, -0.25) is 4.79 Å². The van der Waals surface area contributed by atoms with Crippen LogP contribution >= 0.6 is 0 Å². The normalized spacial score (nSPS) is 18.1. The molecule has 0 bridgehead atoms. The third-order valence-electron chi connectivity index (χ3n) is 4.99. The van der Waals surface area contributed by atoms with E-state index in [0.29, 0.717) is 0 Å². The number of fused-ring (bicyclic) bond motifs is 3. The summed E-state index contributed by atoms with van der Waals surface area (Å²) in [6.07, 6.45) is 0.771. The number of rotatable bonds is 2. The van der Waals surface area contributed by atoms with Gasteiger partial charge in [0.2, 0.25) is 0 Å². The largest absolute Gasteiger partial charge is 0.274 e. The molecule has 2 aliphatic heterocycles. The number of carbonyl (C=O) groups excluding carboxylic acids is 1. The number of carbonyl (C=O) groups is 1. The van der Waals surface area contributed by atoms with Crippen molar-refractivity contribution in [3.8, 4) is 11.1 Å². The molecule has 1 atom stereocenters. The van der Waals surface area contributed by atoms with Gasteiger partial charge < -0.3 is 0 Å². The fourth-order valence-electron chi connectivity index (χ4n) is 3.71. The molecule has 0 N–H and O–H groups in total. The van der Waals surface area contributed by atoms with Gasteiger partial charge in [-0.25, -0.2) is 5.01 Å². The molecule has 0 fully saturated rings. The molecule has 25 heavy (non-hydrogen) atoms. The van der Waals surface area contributed by atoms with Crippen molar-refractivity contribution in [2.45, 2.75) is 12.5 Å². The second-order valence-electron chi connectivity index (χ2n) is 6.45. The van der Waals surface area contributed by atoms with E-state index in [1.165, 1.54) is 11.1 Å². The average molecular weight is 324 g/mol. The van der Waals surface area contributed by atoms with E-state index in [-0.39, 0.29) is 11.9 Å². The van der Waals surface area contributed by atoms with Crippen LogP contribution in [0.5, 0.6) is 0 Å². The first kappa shape index (κ1) is 14.2. The second kappa shape index (κ2) is 5.42. The first-order valence-electron chi connectivity index (χ1n) is 8.47. The van der Waals surface area contributed by atoms with Crippen LogP contribution in [0.25, 0.3) is 11.1 Å². The third kappa shape index (κ3) is 2.20. The summed E-state index contributed by atoms with van der Waals surface area (Å²) in [5, 5.41) is 6.26. The number of hydrogen-bond donors (Lipinski definition) is 0. The molecule has 0 aromatic heterocycles. The Morgan fingerprint density at radius 3 is 2.20 bits per heavy atom. The Morgan fingerprint density at radius 1 is 0.760 bits per heavy atom. The summed E-state index contributed by atoms with van der Waals surface area (Å²) in [4.78, 5) is 12.5. The lowest BCUT2D eigenvalue weighted by molar-refractivity contribution is 0.0756. The molecule has 0 spiro atoms. The number of nitrogens with zero attached hydrogens (tertiary/aromatic N) is 2. The molecule has 1 amide bonds. The van der Waals surface area contributed by atoms with Gasteiger partial charge in [-0.05, 0) is 28.3 Å². The van der Waals surface area contributed by atoms with Crippen molar-refractivity contribution >= 4 is 11.6 Å². The number of amides is 1. The molecule has 2 heterocycles. The predicted molar refractivity (Wildman–Crippen MR) is 98.4 cm³/mol. The fourth-order valence-corrected chi connectivity index (χ4v) is 3.71. The molecular formula is C22H16N2O. The van der Waals surface area contributed by atoms with E-state index in [9.17, 15) is 4.79 Å². The number of hydrazone groups is 1. The van der Waals surface area contributed by atoms with Gasteiger partial charge in [-0.2, -0.15) is 5.10 Å². The highest BCUT2D eigenvalue weighted by Crippen LogP contribution is 2.41. The van der Waals surface area contributed by atoms with E-state index in [1.54, 1.807) is 5.01 Å². The van der Waals surface area contributed by atoms with E-state index in [2.05, 4.69) is 41.5 Å². The summed E-state index contributed by atoms with van der Waals surface area (Å²) in [7, 11) is 0. The molecule has 0 aliphatic carbocycles. The monoisotopic (exact) mass is 324 g/mol. The molecule has 0 radical (unpaired) electrons. The van der Waals surface area contributed by atoms with Crippen LogP contribution in [0.4, 0.5) is 0 Å². The second-order valence-corrected chi connectivity index (χ2v) is 6.45. The summed E-state index contributed by atoms with van der Waals surface area (Å²) in [6, 6.07) is 26.6. The van der Waals surface area contributed by atoms with Crippen molar-refractivity contribution in [2.75, 3.05) is 0 Å². The fraction of sp³-hybridized carbons (Fsp3) is 0.0909. The molecular weight excluding hydrogens is 308 g/mol. The van der Waals surface area contributed by atoms with Crippen molar-refractivity contribution in [3.63, 3.8) is 0 Å². The molecule has 3 heteroatoms. The Balaban J connectivity index is 1.45. The molecule has 2 aliphatic rings. The molecule has 0 saturated carbocycles. The van der Waals surface area contributed by atoms with Crippen LogP contribution in [-0.4, -0.2) is 16.6 Å². The summed E-state index contributed by atoms with van der Waals surface area (Å²) in [6.45, 7) is 0. The molecule has 3 aromatic carbocycles. The van der Waals surface area contributed by atoms with E-state index in [4.69, 9.17) is 0 Å². The van der Waals surface area contributed by atoms with Gasteiger partial charge >= 0.3 is 0 Å². The first-order valence-corrected chi connectivity index (χ1v) is 8.47. The topological polar surface area (TPSA) is 32.7 Å². The van der Waals surface area contributed by atoms with Gasteiger partial charge in [-0.15, -0.1) is 0 Å². The molecule has 3 nitrogen and oxygen atoms in total. The zero-order valence-corrected chi connectivity index (χ0v) is 13.6. The van der Waals surface area contributed by atoms with Crippen LogP contribution < -0.4 is 0 Å². The van der Waals surface area contributed by atoms with Gasteiger partial charge in [0, 0.05) is 12.0 Å². The highest BCUT2D eigenvalue weighted by molar-refractivity contribution is 6.07. The third-order valence-corrected chi connectivity index (χ3v) is 4.99. The maximum absolute atomic E-state index is 12.5. The first-order chi connectivity index (χ1) is 12.3. The molecule has 0 saturated heterocycles. The Hall–Kier alpha value is -3.20. The molecule has 1 unspecified atom stereocenters. The maximum atomic E-state index is 12.5. The Labute approximate surface area is 146 Å². The standard InChI is InChI=1S/C22H16N2O/c25-22-19-9-5-4-8-18(19)21-14-20(23-24(21)22)17-12-10-16(11-13-17)15-6-2-1-3-7-15/h1-13,21H,14H2. The molecule has 5 rings (SSSR count). The van der Waals surface area contributed by atoms with E-state index >= 15 is 0 Å². The molecule has 120 valence electrons. The minimum atomic E-state index is 0.0107. The minimum absolute atomic E-state index is 0.0107. The van der Waals surface area contributed by atoms with E-state index in [0.717, 1.165) is 28.8 Å². The summed E-state index contributed by atoms with van der Waals surface area (Å²) in [5.41, 5.74) is 6.32. The lowest BCUT2D eigenvalue weighted by Crippen LogP contribution is -2.17. The SMILES string of the molecule is O=C1c2ccccc2C2CC(c3ccc(-c4ccccc4)cc3)=NN12. The summed E-state index contributed by atoms with van der Waals surface area (Å²) >= 11 is 0. The Morgan fingerprint density at radius 2 is 1.40 bits per heavy atom. The lowest BCUT2D eigenvalue weighted by atomic mass is 9.96.